The molecule has 1 N–H and O–H groups in total. The molecule has 7 heteroatoms. The summed E-state index contributed by atoms with van der Waals surface area (Å²) >= 11 is 11.6. The second-order valence-corrected chi connectivity index (χ2v) is 6.06. The number of carbonyl (C=O) groups excluding carboxylic acids is 2. The van der Waals surface area contributed by atoms with Gasteiger partial charge < -0.3 is 10.1 Å². The van der Waals surface area contributed by atoms with Crippen LogP contribution in [0.1, 0.15) is 38.2 Å². The summed E-state index contributed by atoms with van der Waals surface area (Å²) in [5.74, 6) is -0.419. The van der Waals surface area contributed by atoms with Gasteiger partial charge in [0.1, 0.15) is 11.3 Å². The third kappa shape index (κ3) is 4.98. The Morgan fingerprint density at radius 3 is 2.45 bits per heavy atom. The molecule has 0 spiro atoms. The smallest absolute Gasteiger partial charge is 0.408 e. The van der Waals surface area contributed by atoms with Gasteiger partial charge in [0.25, 0.3) is 0 Å². The second-order valence-electron chi connectivity index (χ2n) is 5.22. The van der Waals surface area contributed by atoms with Gasteiger partial charge in [0.2, 0.25) is 5.78 Å². The summed E-state index contributed by atoms with van der Waals surface area (Å²) in [7, 11) is 0. The SMILES string of the molecule is C[C@H](NC(=O)OC(C)(C)C)C(=O)c1ncc(Cl)cc1Cl. The number of ether oxygens (including phenoxy) is 1. The first-order valence-corrected chi connectivity index (χ1v) is 6.70. The van der Waals surface area contributed by atoms with Crippen LogP contribution >= 0.6 is 23.2 Å². The number of hydrogen-bond donors (Lipinski definition) is 1. The van der Waals surface area contributed by atoms with Crippen molar-refractivity contribution in [2.75, 3.05) is 0 Å². The molecule has 0 aromatic carbocycles. The van der Waals surface area contributed by atoms with Crippen LogP contribution in [0.2, 0.25) is 10.0 Å². The lowest BCUT2D eigenvalue weighted by molar-refractivity contribution is 0.0496. The van der Waals surface area contributed by atoms with Crippen LogP contribution in [-0.4, -0.2) is 28.5 Å². The molecule has 0 aliphatic carbocycles. The van der Waals surface area contributed by atoms with Gasteiger partial charge in [-0.3, -0.25) is 4.79 Å². The zero-order valence-electron chi connectivity index (χ0n) is 11.7. The van der Waals surface area contributed by atoms with E-state index in [1.54, 1.807) is 20.8 Å². The van der Waals surface area contributed by atoms with E-state index in [9.17, 15) is 9.59 Å². The Kier molecular flexibility index (Phi) is 5.36. The molecule has 1 amide bonds. The number of pyridine rings is 1. The molecule has 1 heterocycles. The number of hydrogen-bond acceptors (Lipinski definition) is 4. The molecule has 1 atom stereocenters. The summed E-state index contributed by atoms with van der Waals surface area (Å²) in [6.45, 7) is 6.73. The van der Waals surface area contributed by atoms with Crippen LogP contribution in [-0.2, 0) is 4.74 Å². The molecule has 1 aromatic rings. The molecule has 0 aliphatic rings. The summed E-state index contributed by atoms with van der Waals surface area (Å²) in [4.78, 5) is 27.6. The van der Waals surface area contributed by atoms with E-state index in [0.29, 0.717) is 5.02 Å². The van der Waals surface area contributed by atoms with Crippen molar-refractivity contribution in [1.29, 1.82) is 0 Å². The topological polar surface area (TPSA) is 68.3 Å². The number of halogens is 2. The summed E-state index contributed by atoms with van der Waals surface area (Å²) in [6.07, 6.45) is 0.643. The van der Waals surface area contributed by atoms with Gasteiger partial charge in [0, 0.05) is 6.20 Å². The van der Waals surface area contributed by atoms with E-state index in [4.69, 9.17) is 27.9 Å². The highest BCUT2D eigenvalue weighted by atomic mass is 35.5. The second kappa shape index (κ2) is 6.41. The summed E-state index contributed by atoms with van der Waals surface area (Å²) < 4.78 is 5.07. The van der Waals surface area contributed by atoms with Crippen molar-refractivity contribution in [2.24, 2.45) is 0 Å². The molecular formula is C13H16Cl2N2O3. The fraction of sp³-hybridized carbons (Fsp3) is 0.462. The van der Waals surface area contributed by atoms with E-state index < -0.39 is 23.5 Å². The monoisotopic (exact) mass is 318 g/mol. The van der Waals surface area contributed by atoms with Crippen LogP contribution in [0.3, 0.4) is 0 Å². The molecule has 0 radical (unpaired) electrons. The van der Waals surface area contributed by atoms with Crippen molar-refractivity contribution < 1.29 is 14.3 Å². The van der Waals surface area contributed by atoms with Gasteiger partial charge in [-0.05, 0) is 33.8 Å². The molecule has 0 saturated heterocycles. The highest BCUT2D eigenvalue weighted by molar-refractivity contribution is 6.36. The average molecular weight is 319 g/mol. The van der Waals surface area contributed by atoms with Gasteiger partial charge in [-0.1, -0.05) is 23.2 Å². The highest BCUT2D eigenvalue weighted by Gasteiger charge is 2.24. The average Bonchev–Trinajstić information content (AvgIpc) is 2.25. The standard InChI is InChI=1S/C13H16Cl2N2O3/c1-7(17-12(19)20-13(2,3)4)11(18)10-9(15)5-8(14)6-16-10/h5-7H,1-4H3,(H,17,19)/t7-/m0/s1. The van der Waals surface area contributed by atoms with Gasteiger partial charge in [0.15, 0.2) is 0 Å². The molecule has 1 aromatic heterocycles. The van der Waals surface area contributed by atoms with Gasteiger partial charge >= 0.3 is 6.09 Å². The van der Waals surface area contributed by atoms with E-state index in [-0.39, 0.29) is 10.7 Å². The number of amides is 1. The minimum Gasteiger partial charge on any atom is -0.444 e. The van der Waals surface area contributed by atoms with Crippen molar-refractivity contribution in [1.82, 2.24) is 10.3 Å². The molecular weight excluding hydrogens is 303 g/mol. The minimum atomic E-state index is -0.809. The maximum atomic E-state index is 12.1. The number of Topliss-reactive ketones (excluding diaryl/α,β-unsaturated/α-hetero) is 1. The Labute approximate surface area is 127 Å². The van der Waals surface area contributed by atoms with Gasteiger partial charge in [-0.15, -0.1) is 0 Å². The predicted molar refractivity (Wildman–Crippen MR) is 77.4 cm³/mol. The first kappa shape index (κ1) is 16.7. The Bertz CT molecular complexity index is 527. The number of rotatable bonds is 3. The molecule has 0 unspecified atom stereocenters. The van der Waals surface area contributed by atoms with E-state index in [2.05, 4.69) is 10.3 Å². The normalized spacial score (nSPS) is 12.7. The Morgan fingerprint density at radius 2 is 1.95 bits per heavy atom. The maximum absolute atomic E-state index is 12.1. The lowest BCUT2D eigenvalue weighted by Crippen LogP contribution is -2.42. The van der Waals surface area contributed by atoms with E-state index >= 15 is 0 Å². The van der Waals surface area contributed by atoms with Crippen LogP contribution in [0.15, 0.2) is 12.3 Å². The lowest BCUT2D eigenvalue weighted by atomic mass is 10.1. The predicted octanol–water partition coefficient (Wildman–Crippen LogP) is 3.48. The van der Waals surface area contributed by atoms with Crippen LogP contribution in [0.4, 0.5) is 4.79 Å². The largest absolute Gasteiger partial charge is 0.444 e. The first-order chi connectivity index (χ1) is 9.10. The van der Waals surface area contributed by atoms with Crippen molar-refractivity contribution in [3.05, 3.63) is 28.0 Å². The zero-order chi connectivity index (χ0) is 15.5. The van der Waals surface area contributed by atoms with Crippen LogP contribution < -0.4 is 5.32 Å². The van der Waals surface area contributed by atoms with Crippen molar-refractivity contribution in [3.8, 4) is 0 Å². The molecule has 0 aliphatic heterocycles. The molecule has 20 heavy (non-hydrogen) atoms. The fourth-order valence-electron chi connectivity index (χ4n) is 1.35. The third-order valence-electron chi connectivity index (χ3n) is 2.17. The number of nitrogens with zero attached hydrogens (tertiary/aromatic N) is 1. The van der Waals surface area contributed by atoms with E-state index in [1.807, 2.05) is 0 Å². The van der Waals surface area contributed by atoms with Gasteiger partial charge in [-0.2, -0.15) is 0 Å². The Hall–Kier alpha value is -1.33. The fourth-order valence-corrected chi connectivity index (χ4v) is 1.82. The van der Waals surface area contributed by atoms with Crippen molar-refractivity contribution >= 4 is 35.1 Å². The zero-order valence-corrected chi connectivity index (χ0v) is 13.2. The quantitative estimate of drug-likeness (QED) is 0.866. The number of aromatic nitrogens is 1. The third-order valence-corrected chi connectivity index (χ3v) is 2.66. The van der Waals surface area contributed by atoms with E-state index in [1.165, 1.54) is 19.2 Å². The number of alkyl carbamates (subject to hydrolysis) is 1. The highest BCUT2D eigenvalue weighted by Crippen LogP contribution is 2.19. The molecule has 0 bridgehead atoms. The van der Waals surface area contributed by atoms with Gasteiger partial charge in [-0.25, -0.2) is 9.78 Å². The van der Waals surface area contributed by atoms with Crippen LogP contribution in [0.5, 0.6) is 0 Å². The molecule has 110 valence electrons. The molecule has 1 rings (SSSR count). The maximum Gasteiger partial charge on any atom is 0.408 e. The lowest BCUT2D eigenvalue weighted by Gasteiger charge is -2.21. The Balaban J connectivity index is 2.75. The first-order valence-electron chi connectivity index (χ1n) is 5.95. The van der Waals surface area contributed by atoms with Crippen LogP contribution in [0.25, 0.3) is 0 Å². The van der Waals surface area contributed by atoms with Crippen molar-refractivity contribution in [2.45, 2.75) is 39.3 Å². The summed E-state index contributed by atoms with van der Waals surface area (Å²) in [5, 5.41) is 2.91. The molecule has 0 saturated carbocycles. The van der Waals surface area contributed by atoms with Gasteiger partial charge in [0.05, 0.1) is 16.1 Å². The summed E-state index contributed by atoms with van der Waals surface area (Å²) in [6, 6.07) is 0.611. The molecule has 0 fully saturated rings. The van der Waals surface area contributed by atoms with Crippen LogP contribution in [0, 0.1) is 0 Å². The van der Waals surface area contributed by atoms with Crippen molar-refractivity contribution in [3.63, 3.8) is 0 Å². The summed E-state index contributed by atoms with van der Waals surface area (Å²) in [5.41, 5.74) is -0.581. The Morgan fingerprint density at radius 1 is 1.35 bits per heavy atom. The number of nitrogens with one attached hydrogen (secondary N) is 1. The number of ketones is 1. The molecule has 5 nitrogen and oxygen atoms in total. The number of carbonyl (C=O) groups is 2. The van der Waals surface area contributed by atoms with E-state index in [0.717, 1.165) is 0 Å². The minimum absolute atomic E-state index is 0.0552.